The molecule has 7 nitrogen and oxygen atoms in total. The van der Waals surface area contributed by atoms with Gasteiger partial charge in [-0.15, -0.1) is 0 Å². The summed E-state index contributed by atoms with van der Waals surface area (Å²) < 4.78 is 27.4. The quantitative estimate of drug-likeness (QED) is 0.513. The lowest BCUT2D eigenvalue weighted by Gasteiger charge is -2.26. The highest BCUT2D eigenvalue weighted by Crippen LogP contribution is 2.27. The first-order valence-corrected chi connectivity index (χ1v) is 13.1. The van der Waals surface area contributed by atoms with Gasteiger partial charge in [-0.2, -0.15) is 4.31 Å². The molecule has 1 aliphatic heterocycles. The highest BCUT2D eigenvalue weighted by atomic mass is 32.2. The SMILES string of the molecule is Cc1cc(C)nc(Sc2ccc(NC(=O)c3cccc(S(=O)(=O)N4CCCCC4)c3)cc2)n1. The van der Waals surface area contributed by atoms with Gasteiger partial charge in [0.05, 0.1) is 4.90 Å². The predicted molar refractivity (Wildman–Crippen MR) is 129 cm³/mol. The van der Waals surface area contributed by atoms with E-state index >= 15 is 0 Å². The first-order chi connectivity index (χ1) is 15.8. The first-order valence-electron chi connectivity index (χ1n) is 10.8. The Bertz CT molecular complexity index is 1230. The summed E-state index contributed by atoms with van der Waals surface area (Å²) in [5, 5.41) is 3.51. The van der Waals surface area contributed by atoms with Crippen LogP contribution in [0.3, 0.4) is 0 Å². The number of piperidine rings is 1. The molecule has 0 bridgehead atoms. The van der Waals surface area contributed by atoms with Crippen LogP contribution in [0.15, 0.2) is 69.5 Å². The van der Waals surface area contributed by atoms with Gasteiger partial charge in [-0.1, -0.05) is 12.5 Å². The molecule has 2 aromatic carbocycles. The Morgan fingerprint density at radius 3 is 2.27 bits per heavy atom. The molecule has 1 amide bonds. The monoisotopic (exact) mass is 482 g/mol. The van der Waals surface area contributed by atoms with Crippen LogP contribution in [0.1, 0.15) is 41.0 Å². The van der Waals surface area contributed by atoms with E-state index in [9.17, 15) is 13.2 Å². The second-order valence-corrected chi connectivity index (χ2v) is 11.0. The number of hydrogen-bond donors (Lipinski definition) is 1. The van der Waals surface area contributed by atoms with E-state index in [4.69, 9.17) is 0 Å². The number of amides is 1. The second-order valence-electron chi connectivity index (χ2n) is 8.01. The molecule has 0 aliphatic carbocycles. The minimum Gasteiger partial charge on any atom is -0.322 e. The molecule has 3 aromatic rings. The van der Waals surface area contributed by atoms with Crippen LogP contribution < -0.4 is 5.32 Å². The van der Waals surface area contributed by atoms with Gasteiger partial charge in [0.2, 0.25) is 10.0 Å². The summed E-state index contributed by atoms with van der Waals surface area (Å²) in [6.45, 7) is 4.92. The molecule has 2 heterocycles. The van der Waals surface area contributed by atoms with Crippen LogP contribution in [0.25, 0.3) is 0 Å². The number of carbonyl (C=O) groups excluding carboxylic acids is 1. The number of aromatic nitrogens is 2. The van der Waals surface area contributed by atoms with Gasteiger partial charge in [0.25, 0.3) is 5.91 Å². The lowest BCUT2D eigenvalue weighted by molar-refractivity contribution is 0.102. The molecule has 172 valence electrons. The fourth-order valence-corrected chi connectivity index (χ4v) is 6.13. The topological polar surface area (TPSA) is 92.3 Å². The molecular formula is C24H26N4O3S2. The minimum absolute atomic E-state index is 0.150. The van der Waals surface area contributed by atoms with Crippen LogP contribution in [0, 0.1) is 13.8 Å². The van der Waals surface area contributed by atoms with E-state index < -0.39 is 10.0 Å². The van der Waals surface area contributed by atoms with Crippen molar-refractivity contribution in [2.45, 2.75) is 48.1 Å². The number of anilines is 1. The maximum atomic E-state index is 12.9. The Balaban J connectivity index is 1.44. The normalized spacial score (nSPS) is 14.7. The standard InChI is InChI=1S/C24H26N4O3S2/c1-17-15-18(2)26-24(25-17)32-21-11-9-20(10-12-21)27-23(29)19-7-6-8-22(16-19)33(30,31)28-13-4-3-5-14-28/h6-12,15-16H,3-5,13-14H2,1-2H3,(H,27,29). The minimum atomic E-state index is -3.59. The van der Waals surface area contributed by atoms with Crippen LogP contribution in [0.5, 0.6) is 0 Å². The summed E-state index contributed by atoms with van der Waals surface area (Å²) in [4.78, 5) is 22.7. The van der Waals surface area contributed by atoms with Crippen LogP contribution in [0.4, 0.5) is 5.69 Å². The van der Waals surface area contributed by atoms with Crippen molar-refractivity contribution in [3.63, 3.8) is 0 Å². The molecule has 0 atom stereocenters. The lowest BCUT2D eigenvalue weighted by Crippen LogP contribution is -2.35. The third kappa shape index (κ3) is 5.79. The molecule has 0 spiro atoms. The van der Waals surface area contributed by atoms with Crippen molar-refractivity contribution in [2.75, 3.05) is 18.4 Å². The molecular weight excluding hydrogens is 456 g/mol. The summed E-state index contributed by atoms with van der Waals surface area (Å²) in [6.07, 6.45) is 2.77. The van der Waals surface area contributed by atoms with Gasteiger partial charge >= 0.3 is 0 Å². The molecule has 0 unspecified atom stereocenters. The maximum Gasteiger partial charge on any atom is 0.255 e. The van der Waals surface area contributed by atoms with E-state index in [1.54, 1.807) is 30.3 Å². The van der Waals surface area contributed by atoms with Gasteiger partial charge in [-0.3, -0.25) is 4.79 Å². The van der Waals surface area contributed by atoms with Crippen molar-refractivity contribution in [3.8, 4) is 0 Å². The molecule has 0 radical (unpaired) electrons. The van der Waals surface area contributed by atoms with Crippen molar-refractivity contribution in [1.29, 1.82) is 0 Å². The fourth-order valence-electron chi connectivity index (χ4n) is 3.71. The number of rotatable bonds is 6. The molecule has 33 heavy (non-hydrogen) atoms. The number of carbonyl (C=O) groups is 1. The smallest absolute Gasteiger partial charge is 0.255 e. The van der Waals surface area contributed by atoms with Gasteiger partial charge in [-0.25, -0.2) is 18.4 Å². The fraction of sp³-hybridized carbons (Fsp3) is 0.292. The Morgan fingerprint density at radius 2 is 1.61 bits per heavy atom. The number of hydrogen-bond acceptors (Lipinski definition) is 6. The van der Waals surface area contributed by atoms with Gasteiger partial charge < -0.3 is 5.32 Å². The average Bonchev–Trinajstić information content (AvgIpc) is 2.80. The van der Waals surface area contributed by atoms with Crippen molar-refractivity contribution < 1.29 is 13.2 Å². The summed E-state index contributed by atoms with van der Waals surface area (Å²) in [7, 11) is -3.59. The van der Waals surface area contributed by atoms with Crippen molar-refractivity contribution in [2.24, 2.45) is 0 Å². The summed E-state index contributed by atoms with van der Waals surface area (Å²) >= 11 is 1.45. The van der Waals surface area contributed by atoms with Crippen LogP contribution in [-0.4, -0.2) is 41.7 Å². The molecule has 1 aliphatic rings. The lowest BCUT2D eigenvalue weighted by atomic mass is 10.2. The number of nitrogens with one attached hydrogen (secondary N) is 1. The average molecular weight is 483 g/mol. The summed E-state index contributed by atoms with van der Waals surface area (Å²) in [5.74, 6) is -0.358. The Kier molecular flexibility index (Phi) is 7.11. The number of sulfonamides is 1. The molecule has 4 rings (SSSR count). The molecule has 1 N–H and O–H groups in total. The highest BCUT2D eigenvalue weighted by molar-refractivity contribution is 7.99. The molecule has 1 fully saturated rings. The van der Waals surface area contributed by atoms with Crippen LogP contribution in [-0.2, 0) is 10.0 Å². The maximum absolute atomic E-state index is 12.9. The van der Waals surface area contributed by atoms with Crippen molar-refractivity contribution in [1.82, 2.24) is 14.3 Å². The van der Waals surface area contributed by atoms with E-state index in [1.807, 2.05) is 32.0 Å². The van der Waals surface area contributed by atoms with Crippen molar-refractivity contribution >= 4 is 33.4 Å². The van der Waals surface area contributed by atoms with Gasteiger partial charge in [0.15, 0.2) is 5.16 Å². The van der Waals surface area contributed by atoms with Crippen LogP contribution in [0.2, 0.25) is 0 Å². The molecule has 0 saturated carbocycles. The number of nitrogens with zero attached hydrogens (tertiary/aromatic N) is 3. The van der Waals surface area contributed by atoms with E-state index in [1.165, 1.54) is 22.1 Å². The van der Waals surface area contributed by atoms with Gasteiger partial charge in [0.1, 0.15) is 0 Å². The summed E-state index contributed by atoms with van der Waals surface area (Å²) in [6, 6.07) is 15.5. The number of benzene rings is 2. The predicted octanol–water partition coefficient (Wildman–Crippen LogP) is 4.67. The van der Waals surface area contributed by atoms with Crippen LogP contribution >= 0.6 is 11.8 Å². The summed E-state index contributed by atoms with van der Waals surface area (Å²) in [5.41, 5.74) is 2.75. The zero-order valence-corrected chi connectivity index (χ0v) is 20.2. The molecule has 1 saturated heterocycles. The highest BCUT2D eigenvalue weighted by Gasteiger charge is 2.26. The molecule has 1 aromatic heterocycles. The third-order valence-corrected chi connectivity index (χ3v) is 8.10. The Labute approximate surface area is 198 Å². The number of aryl methyl sites for hydroxylation is 2. The van der Waals surface area contributed by atoms with E-state index in [0.717, 1.165) is 35.5 Å². The zero-order chi connectivity index (χ0) is 23.4. The molecule has 9 heteroatoms. The second kappa shape index (κ2) is 10.0. The Morgan fingerprint density at radius 1 is 0.939 bits per heavy atom. The van der Waals surface area contributed by atoms with Gasteiger partial charge in [0, 0.05) is 40.6 Å². The Hall–Kier alpha value is -2.75. The largest absolute Gasteiger partial charge is 0.322 e. The van der Waals surface area contributed by atoms with Gasteiger partial charge in [-0.05, 0) is 87.0 Å². The zero-order valence-electron chi connectivity index (χ0n) is 18.6. The third-order valence-electron chi connectivity index (χ3n) is 5.33. The van der Waals surface area contributed by atoms with E-state index in [0.29, 0.717) is 29.5 Å². The van der Waals surface area contributed by atoms with E-state index in [-0.39, 0.29) is 10.8 Å². The first kappa shape index (κ1) is 23.4. The van der Waals surface area contributed by atoms with E-state index in [2.05, 4.69) is 15.3 Å². The van der Waals surface area contributed by atoms with Crippen molar-refractivity contribution in [3.05, 3.63) is 71.5 Å².